The molecule has 0 spiro atoms. The van der Waals surface area contributed by atoms with E-state index in [1.54, 1.807) is 11.6 Å². The van der Waals surface area contributed by atoms with Crippen LogP contribution in [0.2, 0.25) is 0 Å². The first-order valence-electron chi connectivity index (χ1n) is 6.34. The molecule has 8 heteroatoms. The van der Waals surface area contributed by atoms with Crippen molar-refractivity contribution in [1.82, 2.24) is 19.4 Å². The molecule has 8 nitrogen and oxygen atoms in total. The Morgan fingerprint density at radius 3 is 2.47 bits per heavy atom. The van der Waals surface area contributed by atoms with Gasteiger partial charge in [0.2, 0.25) is 0 Å². The highest BCUT2D eigenvalue weighted by molar-refractivity contribution is 5.35. The van der Waals surface area contributed by atoms with Gasteiger partial charge in [-0.2, -0.15) is 0 Å². The third-order valence-electron chi connectivity index (χ3n) is 3.50. The zero-order valence-electron chi connectivity index (χ0n) is 11.1. The fourth-order valence-electron chi connectivity index (χ4n) is 2.27. The lowest BCUT2D eigenvalue weighted by molar-refractivity contribution is 0.106. The predicted molar refractivity (Wildman–Crippen MR) is 69.6 cm³/mol. The van der Waals surface area contributed by atoms with Crippen molar-refractivity contribution in [1.29, 1.82) is 0 Å². The van der Waals surface area contributed by atoms with Gasteiger partial charge in [-0.15, -0.1) is 0 Å². The number of aromatic nitrogens is 2. The summed E-state index contributed by atoms with van der Waals surface area (Å²) in [6, 6.07) is 0. The van der Waals surface area contributed by atoms with Crippen LogP contribution < -0.4 is 5.23 Å². The maximum atomic E-state index is 10.9. The number of hydrogen-bond donors (Lipinski definition) is 2. The zero-order valence-corrected chi connectivity index (χ0v) is 11.1. The van der Waals surface area contributed by atoms with Gasteiger partial charge in [0.15, 0.2) is 0 Å². The maximum Gasteiger partial charge on any atom is 0.142 e. The molecule has 2 N–H and O–H groups in total. The predicted octanol–water partition coefficient (Wildman–Crippen LogP) is -0.777. The van der Waals surface area contributed by atoms with E-state index in [0.29, 0.717) is 6.54 Å². The Hall–Kier alpha value is -1.19. The highest BCUT2D eigenvalue weighted by Crippen LogP contribution is 2.14. The van der Waals surface area contributed by atoms with E-state index in [4.69, 9.17) is 10.3 Å². The Labute approximate surface area is 112 Å². The first kappa shape index (κ1) is 14.2. The number of aliphatic hydroxyl groups is 1. The Morgan fingerprint density at radius 2 is 1.95 bits per heavy atom. The molecule has 0 aliphatic carbocycles. The summed E-state index contributed by atoms with van der Waals surface area (Å²) < 4.78 is 1.59. The highest BCUT2D eigenvalue weighted by Gasteiger charge is 2.18. The average molecular weight is 270 g/mol. The molecule has 1 aromatic rings. The van der Waals surface area contributed by atoms with Crippen LogP contribution in [0.15, 0.2) is 6.20 Å². The Bertz CT molecular complexity index is 401. The summed E-state index contributed by atoms with van der Waals surface area (Å²) >= 11 is 0. The molecule has 19 heavy (non-hydrogen) atoms. The molecule has 0 atom stereocenters. The fraction of sp³-hybridized carbons (Fsp3) is 0.727. The van der Waals surface area contributed by atoms with E-state index in [2.05, 4.69) is 14.8 Å². The van der Waals surface area contributed by atoms with E-state index in [-0.39, 0.29) is 17.7 Å². The summed E-state index contributed by atoms with van der Waals surface area (Å²) in [5, 5.41) is 28.5. The van der Waals surface area contributed by atoms with Crippen molar-refractivity contribution in [3.63, 3.8) is 0 Å². The average Bonchev–Trinajstić information content (AvgIpc) is 2.74. The summed E-state index contributed by atoms with van der Waals surface area (Å²) in [6.45, 7) is 5.22. The van der Waals surface area contributed by atoms with Crippen molar-refractivity contribution >= 4 is 5.82 Å². The molecule has 1 aliphatic heterocycles. The molecule has 0 aromatic carbocycles. The molecule has 1 aliphatic rings. The Balaban J connectivity index is 1.89. The second-order valence-corrected chi connectivity index (χ2v) is 4.71. The van der Waals surface area contributed by atoms with Gasteiger partial charge in [0.05, 0.1) is 19.3 Å². The van der Waals surface area contributed by atoms with E-state index < -0.39 is 0 Å². The molecule has 1 fully saturated rings. The van der Waals surface area contributed by atoms with Crippen LogP contribution in [-0.2, 0) is 13.6 Å². The first-order chi connectivity index (χ1) is 9.11. The van der Waals surface area contributed by atoms with Crippen LogP contribution in [-0.4, -0.2) is 69.0 Å². The number of rotatable bonds is 5. The lowest BCUT2D eigenvalue weighted by atomic mass is 10.3. The topological polar surface area (TPSA) is 91.1 Å². The van der Waals surface area contributed by atoms with Gasteiger partial charge in [-0.05, 0) is 0 Å². The Kier molecular flexibility index (Phi) is 4.72. The van der Waals surface area contributed by atoms with Gasteiger partial charge in [0, 0.05) is 39.8 Å². The van der Waals surface area contributed by atoms with Crippen LogP contribution >= 0.6 is 0 Å². The van der Waals surface area contributed by atoms with Crippen molar-refractivity contribution in [3.05, 3.63) is 17.2 Å². The van der Waals surface area contributed by atoms with Crippen LogP contribution in [0, 0.1) is 5.21 Å². The minimum absolute atomic E-state index is 0.133. The standard InChI is InChI=1S/C11H20N5O3/c1-13-10(12-8-11(13)16(18)19)9-15-4-2-14(3-5-15)6-7-17/h8,17-18H,2-7,9H2,1H3/q-1. The van der Waals surface area contributed by atoms with Crippen molar-refractivity contribution in [2.45, 2.75) is 6.54 Å². The quantitative estimate of drug-likeness (QED) is 0.678. The van der Waals surface area contributed by atoms with Crippen LogP contribution in [0.1, 0.15) is 5.82 Å². The second-order valence-electron chi connectivity index (χ2n) is 4.71. The van der Waals surface area contributed by atoms with E-state index in [1.165, 1.54) is 6.20 Å². The molecule has 2 heterocycles. The number of anilines is 1. The number of imidazole rings is 1. The zero-order chi connectivity index (χ0) is 13.8. The van der Waals surface area contributed by atoms with Crippen molar-refractivity contribution in [2.24, 2.45) is 7.05 Å². The highest BCUT2D eigenvalue weighted by atomic mass is 16.8. The molecule has 0 unspecified atom stereocenters. The normalized spacial score (nSPS) is 17.9. The molecule has 0 bridgehead atoms. The van der Waals surface area contributed by atoms with Gasteiger partial charge >= 0.3 is 0 Å². The van der Waals surface area contributed by atoms with Gasteiger partial charge in [-0.3, -0.25) is 15.0 Å². The summed E-state index contributed by atoms with van der Waals surface area (Å²) in [5.74, 6) is 0.884. The van der Waals surface area contributed by atoms with Crippen LogP contribution in [0.5, 0.6) is 0 Å². The third kappa shape index (κ3) is 3.43. The van der Waals surface area contributed by atoms with E-state index in [0.717, 1.165) is 38.5 Å². The van der Waals surface area contributed by atoms with E-state index >= 15 is 0 Å². The van der Waals surface area contributed by atoms with Crippen LogP contribution in [0.25, 0.3) is 0 Å². The van der Waals surface area contributed by atoms with Crippen LogP contribution in [0.4, 0.5) is 5.82 Å². The van der Waals surface area contributed by atoms with Gasteiger partial charge in [-0.1, -0.05) is 0 Å². The molecular formula is C11H20N5O3-. The maximum absolute atomic E-state index is 10.9. The van der Waals surface area contributed by atoms with Crippen LogP contribution in [0.3, 0.4) is 0 Å². The van der Waals surface area contributed by atoms with Crippen molar-refractivity contribution in [2.75, 3.05) is 44.6 Å². The molecule has 1 saturated heterocycles. The second kappa shape index (κ2) is 6.31. The van der Waals surface area contributed by atoms with Crippen molar-refractivity contribution < 1.29 is 10.3 Å². The molecule has 1 aromatic heterocycles. The van der Waals surface area contributed by atoms with E-state index in [1.807, 2.05) is 0 Å². The molecular weight excluding hydrogens is 250 g/mol. The van der Waals surface area contributed by atoms with Crippen molar-refractivity contribution in [3.8, 4) is 0 Å². The van der Waals surface area contributed by atoms with Gasteiger partial charge < -0.3 is 20.1 Å². The van der Waals surface area contributed by atoms with Gasteiger partial charge in [0.25, 0.3) is 0 Å². The molecule has 0 saturated carbocycles. The first-order valence-corrected chi connectivity index (χ1v) is 6.34. The minimum atomic E-state index is -0.171. The largest absolute Gasteiger partial charge is 0.732 e. The molecule has 0 amide bonds. The Morgan fingerprint density at radius 1 is 1.32 bits per heavy atom. The third-order valence-corrected chi connectivity index (χ3v) is 3.50. The van der Waals surface area contributed by atoms with E-state index in [9.17, 15) is 5.21 Å². The number of piperazine rings is 1. The number of aliphatic hydroxyl groups excluding tert-OH is 1. The SMILES string of the molecule is Cn1c(N([O-])O)cnc1CN1CCN(CCO)CC1. The smallest absolute Gasteiger partial charge is 0.142 e. The van der Waals surface area contributed by atoms with Gasteiger partial charge in [-0.25, -0.2) is 4.98 Å². The fourth-order valence-corrected chi connectivity index (χ4v) is 2.27. The summed E-state index contributed by atoms with van der Waals surface area (Å²) in [7, 11) is 1.71. The minimum Gasteiger partial charge on any atom is -0.732 e. The number of nitrogens with zero attached hydrogens (tertiary/aromatic N) is 5. The number of hydrogen-bond acceptors (Lipinski definition) is 7. The molecule has 108 valence electrons. The summed E-state index contributed by atoms with van der Waals surface area (Å²) in [5.41, 5.74) is 0. The lowest BCUT2D eigenvalue weighted by Gasteiger charge is -2.34. The number of β-amino-alcohol motifs (C(OH)–C–C–N with tert-alkyl or cyclic N) is 1. The molecule has 2 rings (SSSR count). The monoisotopic (exact) mass is 270 g/mol. The lowest BCUT2D eigenvalue weighted by Crippen LogP contribution is -2.46. The summed E-state index contributed by atoms with van der Waals surface area (Å²) in [6.07, 6.45) is 1.37. The summed E-state index contributed by atoms with van der Waals surface area (Å²) in [4.78, 5) is 8.61. The molecule has 0 radical (unpaired) electrons. The van der Waals surface area contributed by atoms with Gasteiger partial charge in [0.1, 0.15) is 11.6 Å².